The molecule has 0 bridgehead atoms. The number of fused-ring (bicyclic) bond motifs is 1. The number of nitrogens with zero attached hydrogens (tertiary/aromatic N) is 1. The lowest BCUT2D eigenvalue weighted by Crippen LogP contribution is -2.34. The van der Waals surface area contributed by atoms with Gasteiger partial charge >= 0.3 is 0 Å². The molecular formula is C24H24N4O2. The Morgan fingerprint density at radius 3 is 2.60 bits per heavy atom. The number of aromatic nitrogens is 3. The van der Waals surface area contributed by atoms with Gasteiger partial charge in [0.15, 0.2) is 0 Å². The number of aryl methyl sites for hydroxylation is 1. The number of amides is 1. The van der Waals surface area contributed by atoms with Crippen LogP contribution in [0.25, 0.3) is 10.9 Å². The number of nitrogens with one attached hydrogen (secondary N) is 3. The first-order valence-electron chi connectivity index (χ1n) is 9.99. The van der Waals surface area contributed by atoms with Crippen molar-refractivity contribution >= 4 is 16.8 Å². The number of aromatic amines is 2. The molecule has 0 spiro atoms. The van der Waals surface area contributed by atoms with E-state index in [1.54, 1.807) is 6.92 Å². The van der Waals surface area contributed by atoms with E-state index in [0.717, 1.165) is 22.0 Å². The van der Waals surface area contributed by atoms with E-state index >= 15 is 0 Å². The van der Waals surface area contributed by atoms with Crippen molar-refractivity contribution in [3.8, 4) is 0 Å². The fourth-order valence-electron chi connectivity index (χ4n) is 3.72. The summed E-state index contributed by atoms with van der Waals surface area (Å²) < 4.78 is 0. The molecule has 0 saturated heterocycles. The van der Waals surface area contributed by atoms with Crippen molar-refractivity contribution in [2.75, 3.05) is 0 Å². The van der Waals surface area contributed by atoms with Gasteiger partial charge in [-0.2, -0.15) is 0 Å². The molecule has 0 aliphatic rings. The molecule has 4 rings (SSSR count). The van der Waals surface area contributed by atoms with Gasteiger partial charge in [0.05, 0.1) is 17.7 Å². The third-order valence-electron chi connectivity index (χ3n) is 5.35. The van der Waals surface area contributed by atoms with Gasteiger partial charge in [-0.3, -0.25) is 9.59 Å². The molecule has 0 saturated carbocycles. The predicted octanol–water partition coefficient (Wildman–Crippen LogP) is 3.76. The summed E-state index contributed by atoms with van der Waals surface area (Å²) in [4.78, 5) is 35.6. The molecule has 3 N–H and O–H groups in total. The van der Waals surface area contributed by atoms with Crippen LogP contribution < -0.4 is 10.9 Å². The van der Waals surface area contributed by atoms with Crippen molar-refractivity contribution in [2.45, 2.75) is 32.2 Å². The fourth-order valence-corrected chi connectivity index (χ4v) is 3.72. The van der Waals surface area contributed by atoms with Gasteiger partial charge in [-0.15, -0.1) is 0 Å². The SMILES string of the molecule is Cc1nc([C@H](Cc2c[nH]c3ccccc23)NC(=O)[C@H](C)c2ccccc2)cc(=O)[nH]1. The van der Waals surface area contributed by atoms with E-state index in [-0.39, 0.29) is 17.4 Å². The highest BCUT2D eigenvalue weighted by molar-refractivity contribution is 5.85. The lowest BCUT2D eigenvalue weighted by atomic mass is 9.98. The maximum Gasteiger partial charge on any atom is 0.251 e. The van der Waals surface area contributed by atoms with Crippen molar-refractivity contribution < 1.29 is 4.79 Å². The zero-order valence-electron chi connectivity index (χ0n) is 17.0. The number of carbonyl (C=O) groups excluding carboxylic acids is 1. The molecule has 0 unspecified atom stereocenters. The normalized spacial score (nSPS) is 13.1. The van der Waals surface area contributed by atoms with Crippen LogP contribution in [0.2, 0.25) is 0 Å². The summed E-state index contributed by atoms with van der Waals surface area (Å²) >= 11 is 0. The molecule has 6 heteroatoms. The lowest BCUT2D eigenvalue weighted by Gasteiger charge is -2.21. The van der Waals surface area contributed by atoms with Gasteiger partial charge in [0.1, 0.15) is 5.82 Å². The van der Waals surface area contributed by atoms with E-state index < -0.39 is 6.04 Å². The molecule has 2 aromatic heterocycles. The summed E-state index contributed by atoms with van der Waals surface area (Å²) in [5.74, 6) is 0.0947. The van der Waals surface area contributed by atoms with Crippen molar-refractivity contribution in [2.24, 2.45) is 0 Å². The molecule has 2 aromatic carbocycles. The van der Waals surface area contributed by atoms with Gasteiger partial charge in [-0.1, -0.05) is 48.5 Å². The monoisotopic (exact) mass is 400 g/mol. The van der Waals surface area contributed by atoms with Gasteiger partial charge < -0.3 is 15.3 Å². The highest BCUT2D eigenvalue weighted by Crippen LogP contribution is 2.25. The summed E-state index contributed by atoms with van der Waals surface area (Å²) in [5.41, 5.74) is 3.35. The molecule has 1 amide bonds. The summed E-state index contributed by atoms with van der Waals surface area (Å²) in [6.07, 6.45) is 2.47. The zero-order chi connectivity index (χ0) is 21.1. The van der Waals surface area contributed by atoms with E-state index in [9.17, 15) is 9.59 Å². The van der Waals surface area contributed by atoms with E-state index in [4.69, 9.17) is 0 Å². The van der Waals surface area contributed by atoms with Crippen LogP contribution in [-0.4, -0.2) is 20.9 Å². The third-order valence-corrected chi connectivity index (χ3v) is 5.35. The summed E-state index contributed by atoms with van der Waals surface area (Å²) in [7, 11) is 0. The van der Waals surface area contributed by atoms with Crippen molar-refractivity contribution in [1.29, 1.82) is 0 Å². The smallest absolute Gasteiger partial charge is 0.251 e. The van der Waals surface area contributed by atoms with E-state index in [1.165, 1.54) is 6.07 Å². The topological polar surface area (TPSA) is 90.6 Å². The Labute approximate surface area is 174 Å². The van der Waals surface area contributed by atoms with E-state index in [1.807, 2.05) is 67.7 Å². The van der Waals surface area contributed by atoms with E-state index in [0.29, 0.717) is 17.9 Å². The van der Waals surface area contributed by atoms with Crippen LogP contribution in [0.5, 0.6) is 0 Å². The molecule has 4 aromatic rings. The second kappa shape index (κ2) is 8.37. The first kappa shape index (κ1) is 19.6. The summed E-state index contributed by atoms with van der Waals surface area (Å²) in [5, 5.41) is 4.21. The minimum atomic E-state index is -0.427. The maximum absolute atomic E-state index is 13.1. The van der Waals surface area contributed by atoms with Crippen LogP contribution in [0.3, 0.4) is 0 Å². The number of rotatable bonds is 6. The number of hydrogen-bond acceptors (Lipinski definition) is 3. The van der Waals surface area contributed by atoms with E-state index in [2.05, 4.69) is 20.3 Å². The molecule has 0 fully saturated rings. The average molecular weight is 400 g/mol. The van der Waals surface area contributed by atoms with Crippen LogP contribution in [0.15, 0.2) is 71.7 Å². The standard InChI is InChI=1S/C24H24N4O2/c1-15(17-8-4-3-5-9-17)24(30)28-21(22-13-23(29)27-16(2)26-22)12-18-14-25-20-11-7-6-10-19(18)20/h3-11,13-15,21,25H,12H2,1-2H3,(H,28,30)(H,26,27,29)/t15-,21+/m1/s1. The Hall–Kier alpha value is -3.67. The quantitative estimate of drug-likeness (QED) is 0.460. The molecule has 0 aliphatic carbocycles. The third kappa shape index (κ3) is 4.17. The van der Waals surface area contributed by atoms with Gasteiger partial charge in [0.2, 0.25) is 5.91 Å². The number of hydrogen-bond donors (Lipinski definition) is 3. The maximum atomic E-state index is 13.1. The van der Waals surface area contributed by atoms with Crippen LogP contribution in [0.4, 0.5) is 0 Å². The van der Waals surface area contributed by atoms with Crippen LogP contribution >= 0.6 is 0 Å². The van der Waals surface area contributed by atoms with Crippen LogP contribution in [0, 0.1) is 6.92 Å². The zero-order valence-corrected chi connectivity index (χ0v) is 17.0. The van der Waals surface area contributed by atoms with Crippen molar-refractivity contribution in [1.82, 2.24) is 20.3 Å². The Morgan fingerprint density at radius 2 is 1.83 bits per heavy atom. The highest BCUT2D eigenvalue weighted by Gasteiger charge is 2.23. The molecule has 6 nitrogen and oxygen atoms in total. The van der Waals surface area contributed by atoms with Crippen LogP contribution in [0.1, 0.15) is 41.5 Å². The van der Waals surface area contributed by atoms with Crippen LogP contribution in [-0.2, 0) is 11.2 Å². The Morgan fingerprint density at radius 1 is 1.10 bits per heavy atom. The number of benzene rings is 2. The molecule has 0 aliphatic heterocycles. The lowest BCUT2D eigenvalue weighted by molar-refractivity contribution is -0.123. The first-order chi connectivity index (χ1) is 14.5. The number of H-pyrrole nitrogens is 2. The number of carbonyl (C=O) groups is 1. The molecule has 2 heterocycles. The second-order valence-electron chi connectivity index (χ2n) is 7.51. The minimum Gasteiger partial charge on any atom is -0.361 e. The number of para-hydroxylation sites is 1. The van der Waals surface area contributed by atoms with Gasteiger partial charge in [-0.25, -0.2) is 4.98 Å². The molecule has 30 heavy (non-hydrogen) atoms. The predicted molar refractivity (Wildman–Crippen MR) is 117 cm³/mol. The molecule has 0 radical (unpaired) electrons. The molecule has 152 valence electrons. The molecule has 2 atom stereocenters. The van der Waals surface area contributed by atoms with Gasteiger partial charge in [0.25, 0.3) is 5.56 Å². The fraction of sp³-hybridized carbons (Fsp3) is 0.208. The van der Waals surface area contributed by atoms with Crippen molar-refractivity contribution in [3.05, 3.63) is 99.9 Å². The summed E-state index contributed by atoms with van der Waals surface area (Å²) in [6.45, 7) is 3.62. The average Bonchev–Trinajstić information content (AvgIpc) is 3.15. The first-order valence-corrected chi connectivity index (χ1v) is 9.99. The minimum absolute atomic E-state index is 0.106. The van der Waals surface area contributed by atoms with Gasteiger partial charge in [-0.05, 0) is 31.0 Å². The van der Waals surface area contributed by atoms with Gasteiger partial charge in [0, 0.05) is 29.6 Å². The Kier molecular flexibility index (Phi) is 5.48. The Balaban J connectivity index is 1.66. The second-order valence-corrected chi connectivity index (χ2v) is 7.51. The largest absolute Gasteiger partial charge is 0.361 e. The Bertz CT molecular complexity index is 1230. The molecular weight excluding hydrogens is 376 g/mol. The summed E-state index contributed by atoms with van der Waals surface area (Å²) in [6, 6.07) is 18.7. The van der Waals surface area contributed by atoms with Crippen molar-refractivity contribution in [3.63, 3.8) is 0 Å². The highest BCUT2D eigenvalue weighted by atomic mass is 16.2.